The fourth-order valence-electron chi connectivity index (χ4n) is 1.93. The number of aromatic nitrogens is 1. The van der Waals surface area contributed by atoms with Gasteiger partial charge in [-0.3, -0.25) is 4.98 Å². The summed E-state index contributed by atoms with van der Waals surface area (Å²) in [6, 6.07) is 4.75. The van der Waals surface area contributed by atoms with Gasteiger partial charge in [0.05, 0.1) is 5.69 Å². The van der Waals surface area contributed by atoms with E-state index in [4.69, 9.17) is 0 Å². The molecule has 80 valence electrons. The van der Waals surface area contributed by atoms with Crippen molar-refractivity contribution >= 4 is 5.57 Å². The van der Waals surface area contributed by atoms with E-state index in [1.54, 1.807) is 0 Å². The summed E-state index contributed by atoms with van der Waals surface area (Å²) < 4.78 is 0. The number of nitrogens with zero attached hydrogens (tertiary/aromatic N) is 1. The van der Waals surface area contributed by atoms with Crippen molar-refractivity contribution < 1.29 is 0 Å². The van der Waals surface area contributed by atoms with Gasteiger partial charge in [-0.1, -0.05) is 26.0 Å². The van der Waals surface area contributed by atoms with Crippen molar-refractivity contribution in [2.45, 2.75) is 32.7 Å². The zero-order valence-corrected chi connectivity index (χ0v) is 9.46. The lowest BCUT2D eigenvalue weighted by atomic mass is 10.2. The molecule has 1 aromatic rings. The van der Waals surface area contributed by atoms with Crippen LogP contribution in [0.2, 0.25) is 0 Å². The van der Waals surface area contributed by atoms with E-state index in [-0.39, 0.29) is 0 Å². The third kappa shape index (κ3) is 2.45. The molecule has 0 unspecified atom stereocenters. The van der Waals surface area contributed by atoms with Crippen LogP contribution in [0.4, 0.5) is 0 Å². The number of pyridine rings is 1. The normalized spacial score (nSPS) is 17.4. The maximum Gasteiger partial charge on any atom is 0.0691 e. The molecule has 0 aliphatic heterocycles. The second kappa shape index (κ2) is 4.58. The van der Waals surface area contributed by atoms with E-state index in [1.165, 1.54) is 16.8 Å². The number of hydrogen-bond donors (Lipinski definition) is 1. The fraction of sp³-hybridized carbons (Fsp3) is 0.462. The van der Waals surface area contributed by atoms with Crippen molar-refractivity contribution in [1.29, 1.82) is 0 Å². The smallest absolute Gasteiger partial charge is 0.0691 e. The van der Waals surface area contributed by atoms with Gasteiger partial charge >= 0.3 is 0 Å². The molecule has 0 spiro atoms. The maximum atomic E-state index is 4.44. The molecule has 1 heterocycles. The van der Waals surface area contributed by atoms with Crippen LogP contribution in [-0.2, 0) is 6.42 Å². The summed E-state index contributed by atoms with van der Waals surface area (Å²) in [7, 11) is 0. The minimum Gasteiger partial charge on any atom is -0.311 e. The number of hydrogen-bond acceptors (Lipinski definition) is 2. The molecule has 2 nitrogen and oxygen atoms in total. The molecule has 1 aromatic heterocycles. The molecule has 15 heavy (non-hydrogen) atoms. The molecule has 0 fully saturated rings. The van der Waals surface area contributed by atoms with Crippen molar-refractivity contribution in [3.8, 4) is 0 Å². The monoisotopic (exact) mass is 202 g/mol. The number of fused-ring (bicyclic) bond motifs is 1. The highest BCUT2D eigenvalue weighted by atomic mass is 14.9. The van der Waals surface area contributed by atoms with Crippen LogP contribution in [0.15, 0.2) is 24.4 Å². The van der Waals surface area contributed by atoms with Crippen LogP contribution in [0, 0.1) is 0 Å². The van der Waals surface area contributed by atoms with Crippen LogP contribution in [0.25, 0.3) is 5.57 Å². The number of allylic oxidation sites excluding steroid dienone is 1. The minimum absolute atomic E-state index is 0.548. The lowest BCUT2D eigenvalue weighted by molar-refractivity contribution is 0.632. The van der Waals surface area contributed by atoms with E-state index >= 15 is 0 Å². The summed E-state index contributed by atoms with van der Waals surface area (Å²) in [5.74, 6) is 0. The first-order valence-corrected chi connectivity index (χ1v) is 5.64. The van der Waals surface area contributed by atoms with Gasteiger partial charge in [0, 0.05) is 18.8 Å². The van der Waals surface area contributed by atoms with E-state index in [1.807, 2.05) is 12.3 Å². The summed E-state index contributed by atoms with van der Waals surface area (Å²) in [6.07, 6.45) is 6.45. The van der Waals surface area contributed by atoms with Crippen LogP contribution >= 0.6 is 0 Å². The maximum absolute atomic E-state index is 4.44. The quantitative estimate of drug-likeness (QED) is 0.814. The lowest BCUT2D eigenvalue weighted by Crippen LogP contribution is -2.22. The average molecular weight is 202 g/mol. The highest BCUT2D eigenvalue weighted by Gasteiger charge is 2.15. The van der Waals surface area contributed by atoms with E-state index in [0.29, 0.717) is 6.04 Å². The predicted molar refractivity (Wildman–Crippen MR) is 63.7 cm³/mol. The van der Waals surface area contributed by atoms with E-state index in [2.05, 4.69) is 36.3 Å². The Morgan fingerprint density at radius 2 is 2.33 bits per heavy atom. The van der Waals surface area contributed by atoms with Crippen LogP contribution in [0.1, 0.15) is 31.5 Å². The summed E-state index contributed by atoms with van der Waals surface area (Å²) in [5.41, 5.74) is 4.01. The first kappa shape index (κ1) is 10.4. The lowest BCUT2D eigenvalue weighted by Gasteiger charge is -2.05. The Bertz CT molecular complexity index is 367. The molecule has 1 aliphatic carbocycles. The summed E-state index contributed by atoms with van der Waals surface area (Å²) in [5, 5.41) is 3.40. The summed E-state index contributed by atoms with van der Waals surface area (Å²) in [4.78, 5) is 4.44. The van der Waals surface area contributed by atoms with E-state index in [9.17, 15) is 0 Å². The van der Waals surface area contributed by atoms with Gasteiger partial charge in [0.1, 0.15) is 0 Å². The van der Waals surface area contributed by atoms with Crippen molar-refractivity contribution in [3.63, 3.8) is 0 Å². The van der Waals surface area contributed by atoms with Gasteiger partial charge in [0.2, 0.25) is 0 Å². The van der Waals surface area contributed by atoms with Crippen LogP contribution in [0.3, 0.4) is 0 Å². The van der Waals surface area contributed by atoms with Crippen LogP contribution < -0.4 is 5.32 Å². The summed E-state index contributed by atoms with van der Waals surface area (Å²) >= 11 is 0. The number of rotatable bonds is 3. The van der Waals surface area contributed by atoms with Crippen molar-refractivity contribution in [3.05, 3.63) is 35.7 Å². The molecule has 0 saturated heterocycles. The Kier molecular flexibility index (Phi) is 3.17. The van der Waals surface area contributed by atoms with Crippen molar-refractivity contribution in [1.82, 2.24) is 10.3 Å². The van der Waals surface area contributed by atoms with Gasteiger partial charge < -0.3 is 5.32 Å². The topological polar surface area (TPSA) is 24.9 Å². The first-order chi connectivity index (χ1) is 7.27. The van der Waals surface area contributed by atoms with Gasteiger partial charge in [-0.05, 0) is 30.0 Å². The SMILES string of the molecule is CC(C)NC/C=C1\CCc2cccnc21. The molecular formula is C13H18N2. The molecule has 0 saturated carbocycles. The Hall–Kier alpha value is -1.15. The third-order valence-electron chi connectivity index (χ3n) is 2.73. The van der Waals surface area contributed by atoms with E-state index < -0.39 is 0 Å². The minimum atomic E-state index is 0.548. The van der Waals surface area contributed by atoms with Crippen LogP contribution in [-0.4, -0.2) is 17.6 Å². The first-order valence-electron chi connectivity index (χ1n) is 5.64. The molecule has 0 amide bonds. The van der Waals surface area contributed by atoms with Gasteiger partial charge in [-0.25, -0.2) is 0 Å². The van der Waals surface area contributed by atoms with E-state index in [0.717, 1.165) is 19.4 Å². The van der Waals surface area contributed by atoms with Crippen LogP contribution in [0.5, 0.6) is 0 Å². The van der Waals surface area contributed by atoms with Gasteiger partial charge in [0.25, 0.3) is 0 Å². The molecule has 0 bridgehead atoms. The molecular weight excluding hydrogens is 184 g/mol. The number of aryl methyl sites for hydroxylation is 1. The Labute approximate surface area is 91.4 Å². The zero-order valence-electron chi connectivity index (χ0n) is 9.46. The highest BCUT2D eigenvalue weighted by Crippen LogP contribution is 2.29. The molecule has 2 heteroatoms. The Balaban J connectivity index is 2.07. The van der Waals surface area contributed by atoms with Gasteiger partial charge in [0.15, 0.2) is 0 Å². The standard InChI is InChI=1S/C13H18N2/c1-10(2)14-9-7-12-6-5-11-4-3-8-15-13(11)12/h3-4,7-8,10,14H,5-6,9H2,1-2H3/b12-7+. The van der Waals surface area contributed by atoms with Gasteiger partial charge in [-0.2, -0.15) is 0 Å². The molecule has 1 aliphatic rings. The molecule has 0 aromatic carbocycles. The summed E-state index contributed by atoms with van der Waals surface area (Å²) in [6.45, 7) is 5.28. The second-order valence-electron chi connectivity index (χ2n) is 4.30. The molecule has 0 atom stereocenters. The zero-order chi connectivity index (χ0) is 10.7. The predicted octanol–water partition coefficient (Wildman–Crippen LogP) is 2.41. The molecule has 2 rings (SSSR count). The van der Waals surface area contributed by atoms with Gasteiger partial charge in [-0.15, -0.1) is 0 Å². The Morgan fingerprint density at radius 3 is 3.13 bits per heavy atom. The number of nitrogens with one attached hydrogen (secondary N) is 1. The Morgan fingerprint density at radius 1 is 1.47 bits per heavy atom. The second-order valence-corrected chi connectivity index (χ2v) is 4.30. The molecule has 0 radical (unpaired) electrons. The van der Waals surface area contributed by atoms with Crippen molar-refractivity contribution in [2.75, 3.05) is 6.54 Å². The average Bonchev–Trinajstić information content (AvgIpc) is 2.62. The largest absolute Gasteiger partial charge is 0.311 e. The van der Waals surface area contributed by atoms with Crippen molar-refractivity contribution in [2.24, 2.45) is 0 Å². The third-order valence-corrected chi connectivity index (χ3v) is 2.73. The fourth-order valence-corrected chi connectivity index (χ4v) is 1.93. The highest BCUT2D eigenvalue weighted by molar-refractivity contribution is 5.69. The molecule has 1 N–H and O–H groups in total.